The molecule has 168 valence electrons. The molecule has 1 aromatic carbocycles. The summed E-state index contributed by atoms with van der Waals surface area (Å²) in [7, 11) is -1.28. The van der Waals surface area contributed by atoms with Gasteiger partial charge < -0.3 is 15.0 Å². The molecule has 2 aromatic rings. The number of sulfonamides is 1. The van der Waals surface area contributed by atoms with Gasteiger partial charge in [-0.3, -0.25) is 9.63 Å². The summed E-state index contributed by atoms with van der Waals surface area (Å²) < 4.78 is 31.2. The van der Waals surface area contributed by atoms with E-state index in [9.17, 15) is 13.2 Å². The number of hydroxylamine groups is 1. The van der Waals surface area contributed by atoms with E-state index < -0.39 is 10.0 Å². The number of carbonyl (C=O) groups excluding carboxylic acids is 1. The molecule has 1 fully saturated rings. The lowest BCUT2D eigenvalue weighted by atomic mass is 10.2. The van der Waals surface area contributed by atoms with Crippen molar-refractivity contribution in [3.8, 4) is 0 Å². The van der Waals surface area contributed by atoms with Crippen molar-refractivity contribution in [1.29, 1.82) is 0 Å². The number of nitrogens with one attached hydrogen (secondary N) is 1. The van der Waals surface area contributed by atoms with Gasteiger partial charge in [0, 0.05) is 38.4 Å². The van der Waals surface area contributed by atoms with Crippen molar-refractivity contribution in [3.63, 3.8) is 0 Å². The molecule has 2 atom stereocenters. The van der Waals surface area contributed by atoms with E-state index in [0.717, 1.165) is 28.9 Å². The largest absolute Gasteiger partial charge is 0.372 e. The van der Waals surface area contributed by atoms with Crippen molar-refractivity contribution >= 4 is 21.7 Å². The molecular formula is C21H28N4O5S. The monoisotopic (exact) mass is 448 g/mol. The highest BCUT2D eigenvalue weighted by atomic mass is 32.2. The first-order valence-electron chi connectivity index (χ1n) is 9.97. The number of hydrogen-bond donors (Lipinski definition) is 1. The van der Waals surface area contributed by atoms with Gasteiger partial charge in [0.25, 0.3) is 15.9 Å². The second kappa shape index (κ2) is 9.73. The normalized spacial score (nSPS) is 19.5. The zero-order valence-electron chi connectivity index (χ0n) is 18.1. The first kappa shape index (κ1) is 23.1. The fourth-order valence-electron chi connectivity index (χ4n) is 3.40. The molecule has 9 nitrogen and oxygen atoms in total. The average molecular weight is 449 g/mol. The van der Waals surface area contributed by atoms with Crippen LogP contribution in [0.5, 0.6) is 0 Å². The summed E-state index contributed by atoms with van der Waals surface area (Å²) in [5.74, 6) is 0.495. The van der Waals surface area contributed by atoms with Crippen LogP contribution in [-0.2, 0) is 26.1 Å². The quantitative estimate of drug-likeness (QED) is 0.645. The number of aromatic nitrogens is 1. The Hall–Kier alpha value is -2.53. The van der Waals surface area contributed by atoms with Crippen LogP contribution in [0.4, 0.5) is 5.82 Å². The lowest BCUT2D eigenvalue weighted by Crippen LogP contribution is -2.45. The number of hydrogen-bond acceptors (Lipinski definition) is 7. The molecule has 2 unspecified atom stereocenters. The lowest BCUT2D eigenvalue weighted by Gasteiger charge is -2.36. The Morgan fingerprint density at radius 3 is 2.58 bits per heavy atom. The lowest BCUT2D eigenvalue weighted by molar-refractivity contribution is -0.0258. The van der Waals surface area contributed by atoms with Crippen molar-refractivity contribution < 1.29 is 22.8 Å². The molecule has 10 heteroatoms. The molecule has 1 saturated heterocycles. The summed E-state index contributed by atoms with van der Waals surface area (Å²) in [5.41, 5.74) is 1.08. The van der Waals surface area contributed by atoms with Crippen LogP contribution in [0.2, 0.25) is 0 Å². The van der Waals surface area contributed by atoms with E-state index >= 15 is 0 Å². The minimum absolute atomic E-state index is 0.0236. The molecule has 0 bridgehead atoms. The second-order valence-corrected chi connectivity index (χ2v) is 9.43. The smallest absolute Gasteiger partial charge is 0.264 e. The highest BCUT2D eigenvalue weighted by molar-refractivity contribution is 7.89. The number of morpholine rings is 1. The van der Waals surface area contributed by atoms with Gasteiger partial charge in [0.1, 0.15) is 5.82 Å². The van der Waals surface area contributed by atoms with Crippen LogP contribution in [0.25, 0.3) is 0 Å². The highest BCUT2D eigenvalue weighted by Gasteiger charge is 2.23. The van der Waals surface area contributed by atoms with E-state index in [1.165, 1.54) is 32.4 Å². The van der Waals surface area contributed by atoms with E-state index in [4.69, 9.17) is 9.57 Å². The third-order valence-electron chi connectivity index (χ3n) is 5.00. The van der Waals surface area contributed by atoms with Crippen LogP contribution in [0.1, 0.15) is 29.8 Å². The van der Waals surface area contributed by atoms with Crippen molar-refractivity contribution in [2.24, 2.45) is 0 Å². The maximum atomic E-state index is 12.5. The van der Waals surface area contributed by atoms with Crippen LogP contribution < -0.4 is 10.2 Å². The van der Waals surface area contributed by atoms with Gasteiger partial charge in [-0.2, -0.15) is 0 Å². The molecule has 2 heterocycles. The average Bonchev–Trinajstić information content (AvgIpc) is 2.76. The molecule has 1 amide bonds. The summed E-state index contributed by atoms with van der Waals surface area (Å²) in [6.07, 6.45) is 2.02. The number of pyridine rings is 1. The Morgan fingerprint density at radius 1 is 1.26 bits per heavy atom. The Morgan fingerprint density at radius 2 is 1.97 bits per heavy atom. The topological polar surface area (TPSA) is 101 Å². The van der Waals surface area contributed by atoms with E-state index in [2.05, 4.69) is 15.2 Å². The molecule has 0 saturated carbocycles. The van der Waals surface area contributed by atoms with Gasteiger partial charge in [-0.05, 0) is 43.7 Å². The predicted octanol–water partition coefficient (Wildman–Crippen LogP) is 1.81. The first-order valence-corrected chi connectivity index (χ1v) is 11.4. The third kappa shape index (κ3) is 5.59. The van der Waals surface area contributed by atoms with Crippen LogP contribution in [0.15, 0.2) is 47.5 Å². The summed E-state index contributed by atoms with van der Waals surface area (Å²) in [6, 6.07) is 9.66. The summed E-state index contributed by atoms with van der Waals surface area (Å²) in [6.45, 7) is 5.92. The molecule has 1 aromatic heterocycles. The number of rotatable bonds is 7. The Kier molecular flexibility index (Phi) is 7.26. The zero-order valence-corrected chi connectivity index (χ0v) is 18.9. The summed E-state index contributed by atoms with van der Waals surface area (Å²) in [4.78, 5) is 24.0. The minimum Gasteiger partial charge on any atom is -0.372 e. The molecule has 31 heavy (non-hydrogen) atoms. The highest BCUT2D eigenvalue weighted by Crippen LogP contribution is 2.19. The van der Waals surface area contributed by atoms with Gasteiger partial charge in [0.15, 0.2) is 0 Å². The number of benzene rings is 1. The Labute approximate surface area is 183 Å². The summed E-state index contributed by atoms with van der Waals surface area (Å²) in [5, 5.41) is 2.80. The molecule has 1 N–H and O–H groups in total. The number of amides is 1. The second-order valence-electron chi connectivity index (χ2n) is 7.49. The minimum atomic E-state index is -3.83. The van der Waals surface area contributed by atoms with Crippen molar-refractivity contribution in [2.45, 2.75) is 37.5 Å². The standard InChI is InChI=1S/C21H28N4O5S/c1-15-13-25(14-16(2)30-15)20-9-8-17(11-22-20)12-23-21(26)18-6-5-7-19(10-18)31(27,28)24(3)29-4/h5-11,15-16H,12-14H2,1-4H3,(H,23,26). The van der Waals surface area contributed by atoms with Gasteiger partial charge in [0.05, 0.1) is 24.2 Å². The van der Waals surface area contributed by atoms with Crippen molar-refractivity contribution in [1.82, 2.24) is 14.8 Å². The SMILES string of the molecule is CON(C)S(=O)(=O)c1cccc(C(=O)NCc2ccc(N3CC(C)OC(C)C3)nc2)c1. The van der Waals surface area contributed by atoms with Gasteiger partial charge in [0.2, 0.25) is 0 Å². The van der Waals surface area contributed by atoms with Gasteiger partial charge in [-0.25, -0.2) is 13.4 Å². The fraction of sp³-hybridized carbons (Fsp3) is 0.429. The maximum Gasteiger partial charge on any atom is 0.264 e. The molecule has 0 radical (unpaired) electrons. The predicted molar refractivity (Wildman–Crippen MR) is 116 cm³/mol. The molecule has 3 rings (SSSR count). The molecule has 1 aliphatic rings. The van der Waals surface area contributed by atoms with E-state index in [1.54, 1.807) is 12.3 Å². The number of nitrogens with zero attached hydrogens (tertiary/aromatic N) is 3. The van der Waals surface area contributed by atoms with E-state index in [0.29, 0.717) is 0 Å². The van der Waals surface area contributed by atoms with Gasteiger partial charge in [-0.1, -0.05) is 16.6 Å². The molecule has 1 aliphatic heterocycles. The fourth-order valence-corrected chi connectivity index (χ4v) is 4.42. The van der Waals surface area contributed by atoms with Crippen LogP contribution in [-0.4, -0.2) is 63.2 Å². The number of anilines is 1. The van der Waals surface area contributed by atoms with Crippen LogP contribution in [0, 0.1) is 0 Å². The van der Waals surface area contributed by atoms with Gasteiger partial charge in [-0.15, -0.1) is 0 Å². The van der Waals surface area contributed by atoms with E-state index in [-0.39, 0.29) is 35.1 Å². The van der Waals surface area contributed by atoms with Gasteiger partial charge >= 0.3 is 0 Å². The molecule has 0 aliphatic carbocycles. The zero-order chi connectivity index (χ0) is 22.6. The van der Waals surface area contributed by atoms with Crippen molar-refractivity contribution in [2.75, 3.05) is 32.1 Å². The maximum absolute atomic E-state index is 12.5. The summed E-state index contributed by atoms with van der Waals surface area (Å²) >= 11 is 0. The van der Waals surface area contributed by atoms with Crippen LogP contribution >= 0.6 is 0 Å². The number of carbonyl (C=O) groups is 1. The molecule has 0 spiro atoms. The van der Waals surface area contributed by atoms with E-state index in [1.807, 2.05) is 26.0 Å². The van der Waals surface area contributed by atoms with Crippen molar-refractivity contribution in [3.05, 3.63) is 53.7 Å². The third-order valence-corrected chi connectivity index (χ3v) is 6.67. The Balaban J connectivity index is 1.63. The molecular weight excluding hydrogens is 420 g/mol. The number of ether oxygens (including phenoxy) is 1. The Bertz CT molecular complexity index is 1000. The first-order chi connectivity index (χ1) is 14.7. The van der Waals surface area contributed by atoms with Crippen LogP contribution in [0.3, 0.4) is 0 Å².